The highest BCUT2D eigenvalue weighted by atomic mass is 32.7. The fourth-order valence-corrected chi connectivity index (χ4v) is 8.29. The average Bonchev–Trinajstić information content (AvgIpc) is 3.72. The van der Waals surface area contributed by atoms with Crippen molar-refractivity contribution in [3.63, 3.8) is 0 Å². The molecule has 236 valence electrons. The van der Waals surface area contributed by atoms with Crippen molar-refractivity contribution in [2.24, 2.45) is 0 Å². The fourth-order valence-electron chi connectivity index (χ4n) is 5.34. The van der Waals surface area contributed by atoms with E-state index in [0.29, 0.717) is 11.2 Å². The number of fused-ring (bicyclic) bond motifs is 5. The van der Waals surface area contributed by atoms with Gasteiger partial charge in [0.1, 0.15) is 23.8 Å². The highest BCUT2D eigenvalue weighted by Gasteiger charge is 2.51. The Morgan fingerprint density at radius 1 is 1.05 bits per heavy atom. The van der Waals surface area contributed by atoms with Gasteiger partial charge >= 0.3 is 13.5 Å². The Bertz CT molecular complexity index is 1910. The molecule has 0 amide bonds. The second-order valence-corrected chi connectivity index (χ2v) is 15.8. The number of thiol groups is 1. The van der Waals surface area contributed by atoms with E-state index in [1.165, 1.54) is 28.0 Å². The van der Waals surface area contributed by atoms with E-state index >= 15 is 4.39 Å². The molecule has 23 heteroatoms. The molecule has 0 radical (unpaired) electrons. The van der Waals surface area contributed by atoms with Crippen LogP contribution in [0.15, 0.2) is 29.7 Å². The Labute approximate surface area is 256 Å². The number of H-pyrrole nitrogens is 1. The van der Waals surface area contributed by atoms with Gasteiger partial charge in [0.15, 0.2) is 35.4 Å². The van der Waals surface area contributed by atoms with Gasteiger partial charge in [0, 0.05) is 12.6 Å². The summed E-state index contributed by atoms with van der Waals surface area (Å²) in [7, 11) is 0. The van der Waals surface area contributed by atoms with Gasteiger partial charge in [0.2, 0.25) is 5.95 Å². The van der Waals surface area contributed by atoms with Gasteiger partial charge in [-0.3, -0.25) is 32.5 Å². The first kappa shape index (κ1) is 30.1. The van der Waals surface area contributed by atoms with Crippen LogP contribution in [0.25, 0.3) is 22.3 Å². The molecule has 3 aliphatic rings. The average molecular weight is 692 g/mol. The Morgan fingerprint density at radius 2 is 1.80 bits per heavy atom. The van der Waals surface area contributed by atoms with Crippen LogP contribution in [0.3, 0.4) is 0 Å². The third kappa shape index (κ3) is 5.45. The van der Waals surface area contributed by atoms with E-state index < -0.39 is 68.7 Å². The maximum absolute atomic E-state index is 16.0. The van der Waals surface area contributed by atoms with Crippen LogP contribution in [0.4, 0.5) is 16.0 Å². The second-order valence-electron chi connectivity index (χ2n) is 10.1. The van der Waals surface area contributed by atoms with Gasteiger partial charge in [-0.2, -0.15) is 4.98 Å². The Balaban J connectivity index is 1.19. The molecule has 18 nitrogen and oxygen atoms in total. The van der Waals surface area contributed by atoms with Gasteiger partial charge in [-0.25, -0.2) is 23.9 Å². The standard InChI is InChI=1S/C21H24FN9O9P2S2/c22-12-15-11(38-20(12)30-6-26-13-9(23)1-2-25-16(13)30)5-36-41(33,43)39-10-3-8(4-35-42(34,44)40-15)37-19(10)31-7-27-14-17(31)28-21(24)29-18(14)32/h1-2,6-8,10-12,15,19-20H,3-5H2,(H2,23,25)(H,33,43)(H,34,44)(H3,24,28,29,32)/t8-,10-,11+,12-,15?,19+,20+,41?,42?/m0/s1. The van der Waals surface area contributed by atoms with Gasteiger partial charge in [0.25, 0.3) is 5.56 Å². The Hall–Kier alpha value is -2.55. The molecule has 3 unspecified atom stereocenters. The lowest BCUT2D eigenvalue weighted by molar-refractivity contribution is -0.0575. The van der Waals surface area contributed by atoms with Crippen LogP contribution in [0, 0.1) is 0 Å². The van der Waals surface area contributed by atoms with Gasteiger partial charge in [-0.05, 0) is 17.9 Å². The molecule has 4 aromatic rings. The Kier molecular flexibility index (Phi) is 7.57. The van der Waals surface area contributed by atoms with Crippen LogP contribution in [0.5, 0.6) is 0 Å². The molecule has 0 aliphatic carbocycles. The molecule has 3 aliphatic heterocycles. The molecule has 0 spiro atoms. The number of nitrogens with zero attached hydrogens (tertiary/aromatic N) is 6. The van der Waals surface area contributed by atoms with Crippen molar-refractivity contribution in [2.75, 3.05) is 24.7 Å². The van der Waals surface area contributed by atoms with Gasteiger partial charge in [0.05, 0.1) is 37.7 Å². The first-order valence-electron chi connectivity index (χ1n) is 12.9. The van der Waals surface area contributed by atoms with Crippen molar-refractivity contribution in [3.8, 4) is 0 Å². The van der Waals surface area contributed by atoms with E-state index in [-0.39, 0.29) is 35.8 Å². The summed E-state index contributed by atoms with van der Waals surface area (Å²) in [5.74, 6) is -0.165. The lowest BCUT2D eigenvalue weighted by Gasteiger charge is -2.27. The summed E-state index contributed by atoms with van der Waals surface area (Å²) in [5.41, 5.74) is 12.0. The zero-order valence-corrected chi connectivity index (χ0v) is 25.7. The third-order valence-corrected chi connectivity index (χ3v) is 10.5. The molecule has 6 N–H and O–H groups in total. The van der Waals surface area contributed by atoms with Crippen molar-refractivity contribution in [1.82, 2.24) is 34.1 Å². The first-order chi connectivity index (χ1) is 20.9. The number of nitrogens with two attached hydrogens (primary N) is 2. The van der Waals surface area contributed by atoms with E-state index in [0.717, 1.165) is 0 Å². The van der Waals surface area contributed by atoms with Crippen molar-refractivity contribution in [3.05, 3.63) is 35.3 Å². The molecular formula is C21H24FN9O9P2S2. The highest BCUT2D eigenvalue weighted by Crippen LogP contribution is 2.58. The number of anilines is 2. The molecule has 7 heterocycles. The van der Waals surface area contributed by atoms with E-state index in [1.807, 2.05) is 0 Å². The van der Waals surface area contributed by atoms with Crippen LogP contribution in [-0.2, 0) is 43.9 Å². The summed E-state index contributed by atoms with van der Waals surface area (Å²) < 4.78 is 66.7. The molecule has 0 aromatic carbocycles. The number of halogens is 1. The summed E-state index contributed by atoms with van der Waals surface area (Å²) in [6, 6.07) is 1.54. The predicted octanol–water partition coefficient (Wildman–Crippen LogP) is 1.32. The highest BCUT2D eigenvalue weighted by molar-refractivity contribution is 8.44. The summed E-state index contributed by atoms with van der Waals surface area (Å²) in [4.78, 5) is 42.2. The predicted molar refractivity (Wildman–Crippen MR) is 157 cm³/mol. The topological polar surface area (TPSA) is 239 Å². The first-order valence-corrected chi connectivity index (χ1v) is 18.2. The third-order valence-electron chi connectivity index (χ3n) is 7.25. The van der Waals surface area contributed by atoms with Crippen LogP contribution in [0.1, 0.15) is 18.9 Å². The number of alkyl halides is 1. The second kappa shape index (κ2) is 11.1. The summed E-state index contributed by atoms with van der Waals surface area (Å²) >= 11 is 9.33. The van der Waals surface area contributed by atoms with Crippen molar-refractivity contribution >= 4 is 71.5 Å². The van der Waals surface area contributed by atoms with E-state index in [1.54, 1.807) is 6.07 Å². The summed E-state index contributed by atoms with van der Waals surface area (Å²) in [6.45, 7) is -9.20. The maximum Gasteiger partial charge on any atom is 0.386 e. The molecule has 4 aromatic heterocycles. The molecular weight excluding hydrogens is 667 g/mol. The quantitative estimate of drug-likeness (QED) is 0.147. The molecule has 0 saturated carbocycles. The molecule has 7 rings (SSSR count). The number of nitrogens with one attached hydrogen (secondary N) is 1. The zero-order chi connectivity index (χ0) is 31.0. The van der Waals surface area contributed by atoms with E-state index in [4.69, 9.17) is 50.8 Å². The molecule has 2 bridgehead atoms. The Morgan fingerprint density at radius 3 is 2.59 bits per heavy atom. The number of hydrogen-bond acceptors (Lipinski definition) is 15. The zero-order valence-electron chi connectivity index (χ0n) is 22.2. The maximum atomic E-state index is 16.0. The monoisotopic (exact) mass is 691 g/mol. The molecule has 9 atom stereocenters. The summed E-state index contributed by atoms with van der Waals surface area (Å²) in [5, 5.41) is 0. The lowest BCUT2D eigenvalue weighted by atomic mass is 10.1. The number of rotatable bonds is 2. The minimum Gasteiger partial charge on any atom is -0.397 e. The number of hydrogen-bond donors (Lipinski definition) is 5. The number of aromatic amines is 1. The number of imidazole rings is 2. The van der Waals surface area contributed by atoms with Crippen molar-refractivity contribution < 1.29 is 41.4 Å². The number of aromatic nitrogens is 7. The molecule has 3 saturated heterocycles. The largest absolute Gasteiger partial charge is 0.397 e. The number of pyridine rings is 1. The van der Waals surface area contributed by atoms with Crippen LogP contribution < -0.4 is 17.0 Å². The van der Waals surface area contributed by atoms with Gasteiger partial charge < -0.3 is 30.4 Å². The normalized spacial score (nSPS) is 36.6. The van der Waals surface area contributed by atoms with Crippen LogP contribution in [-0.4, -0.2) is 82.7 Å². The van der Waals surface area contributed by atoms with Gasteiger partial charge in [-0.15, -0.1) is 0 Å². The lowest BCUT2D eigenvalue weighted by Crippen LogP contribution is -2.34. The van der Waals surface area contributed by atoms with Crippen molar-refractivity contribution in [1.29, 1.82) is 0 Å². The van der Waals surface area contributed by atoms with Crippen LogP contribution >= 0.6 is 25.8 Å². The van der Waals surface area contributed by atoms with Crippen LogP contribution in [0.2, 0.25) is 0 Å². The fraction of sp³-hybridized carbons (Fsp3) is 0.476. The number of ether oxygens (including phenoxy) is 2. The van der Waals surface area contributed by atoms with Gasteiger partial charge in [-0.1, -0.05) is 12.2 Å². The van der Waals surface area contributed by atoms with E-state index in [2.05, 4.69) is 37.2 Å². The smallest absolute Gasteiger partial charge is 0.386 e. The summed E-state index contributed by atoms with van der Waals surface area (Å²) in [6.07, 6.45) is -4.92. The minimum absolute atomic E-state index is 0.0245. The van der Waals surface area contributed by atoms with E-state index in [9.17, 15) is 14.3 Å². The van der Waals surface area contributed by atoms with Crippen molar-refractivity contribution in [2.45, 2.75) is 49.5 Å². The SMILES string of the molecule is Nc1nc2c(ncn2[C@@H]2O[C@@H]3COP(O)(=S)OC4[C@@H](COP(=O)(S)O[C@H]2C3)O[C@@H](n2cnc3c(N)ccnc32)[C@H]4F)c(=O)[nH]1. The molecule has 44 heavy (non-hydrogen) atoms. The number of nitrogen functional groups attached to an aromatic ring is 2. The molecule has 3 fully saturated rings. The minimum atomic E-state index is -4.20.